The second-order valence-corrected chi connectivity index (χ2v) is 5.45. The summed E-state index contributed by atoms with van der Waals surface area (Å²) in [5.74, 6) is -0.182. The van der Waals surface area contributed by atoms with Crippen LogP contribution in [0.4, 0.5) is 0 Å². The van der Waals surface area contributed by atoms with E-state index >= 15 is 0 Å². The van der Waals surface area contributed by atoms with Crippen LogP contribution >= 0.6 is 15.9 Å². The lowest BCUT2D eigenvalue weighted by Crippen LogP contribution is -2.24. The first-order chi connectivity index (χ1) is 10.7. The van der Waals surface area contributed by atoms with Crippen molar-refractivity contribution in [3.8, 4) is 5.69 Å². The molecule has 0 bridgehead atoms. The number of nitrogens with zero attached hydrogens (tertiary/aromatic N) is 4. The predicted molar refractivity (Wildman–Crippen MR) is 84.5 cm³/mol. The maximum Gasteiger partial charge on any atom is 0.289 e. The fourth-order valence-electron chi connectivity index (χ4n) is 1.86. The monoisotopic (exact) mass is 357 g/mol. The minimum atomic E-state index is -0.319. The summed E-state index contributed by atoms with van der Waals surface area (Å²) < 4.78 is 2.49. The van der Waals surface area contributed by atoms with Gasteiger partial charge in [-0.2, -0.15) is 5.10 Å². The first kappa shape index (κ1) is 14.4. The van der Waals surface area contributed by atoms with E-state index in [1.807, 2.05) is 36.5 Å². The van der Waals surface area contributed by atoms with E-state index in [2.05, 4.69) is 36.3 Å². The molecule has 6 nitrogen and oxygen atoms in total. The topological polar surface area (TPSA) is 72.7 Å². The van der Waals surface area contributed by atoms with Crippen molar-refractivity contribution in [2.24, 2.45) is 0 Å². The third-order valence-corrected chi connectivity index (χ3v) is 3.34. The normalized spacial score (nSPS) is 10.4. The fraction of sp³-hybridized carbons (Fsp3) is 0.0667. The molecule has 0 radical (unpaired) electrons. The van der Waals surface area contributed by atoms with E-state index in [0.29, 0.717) is 6.54 Å². The Labute approximate surface area is 135 Å². The van der Waals surface area contributed by atoms with E-state index < -0.39 is 0 Å². The Morgan fingerprint density at radius 3 is 2.59 bits per heavy atom. The number of para-hydroxylation sites is 1. The van der Waals surface area contributed by atoms with E-state index in [1.165, 1.54) is 12.4 Å². The zero-order valence-corrected chi connectivity index (χ0v) is 13.1. The lowest BCUT2D eigenvalue weighted by molar-refractivity contribution is 0.0940. The molecule has 0 aliphatic heterocycles. The van der Waals surface area contributed by atoms with E-state index in [-0.39, 0.29) is 11.7 Å². The van der Waals surface area contributed by atoms with Gasteiger partial charge in [-0.1, -0.05) is 18.2 Å². The molecule has 0 unspecified atom stereocenters. The van der Waals surface area contributed by atoms with Crippen molar-refractivity contribution in [3.63, 3.8) is 0 Å². The molecular weight excluding hydrogens is 346 g/mol. The molecule has 2 heterocycles. The molecule has 7 heteroatoms. The van der Waals surface area contributed by atoms with Crippen LogP contribution in [0.5, 0.6) is 0 Å². The van der Waals surface area contributed by atoms with Crippen LogP contribution in [-0.4, -0.2) is 25.7 Å². The number of benzene rings is 1. The van der Waals surface area contributed by atoms with Gasteiger partial charge in [0.15, 0.2) is 0 Å². The number of amides is 1. The summed E-state index contributed by atoms with van der Waals surface area (Å²) >= 11 is 3.23. The van der Waals surface area contributed by atoms with Crippen LogP contribution < -0.4 is 5.32 Å². The molecule has 0 aliphatic rings. The minimum absolute atomic E-state index is 0.138. The molecule has 3 aromatic rings. The lowest BCUT2D eigenvalue weighted by Gasteiger charge is -2.02. The molecule has 0 saturated carbocycles. The van der Waals surface area contributed by atoms with Crippen molar-refractivity contribution in [3.05, 3.63) is 71.0 Å². The summed E-state index contributed by atoms with van der Waals surface area (Å²) in [7, 11) is 0. The highest BCUT2D eigenvalue weighted by atomic mass is 79.9. The zero-order valence-electron chi connectivity index (χ0n) is 11.5. The molecule has 0 spiro atoms. The number of hydrogen-bond donors (Lipinski definition) is 1. The Hall–Kier alpha value is -2.54. The van der Waals surface area contributed by atoms with Crippen molar-refractivity contribution in [2.75, 3.05) is 0 Å². The van der Waals surface area contributed by atoms with Gasteiger partial charge < -0.3 is 5.32 Å². The van der Waals surface area contributed by atoms with Crippen LogP contribution in [0.25, 0.3) is 5.69 Å². The van der Waals surface area contributed by atoms with Crippen LogP contribution in [-0.2, 0) is 6.54 Å². The highest BCUT2D eigenvalue weighted by Crippen LogP contribution is 2.08. The molecule has 1 amide bonds. The molecular formula is C15H12BrN5O. The van der Waals surface area contributed by atoms with Gasteiger partial charge in [-0.25, -0.2) is 14.6 Å². The van der Waals surface area contributed by atoms with Gasteiger partial charge in [-0.05, 0) is 28.1 Å². The van der Waals surface area contributed by atoms with Gasteiger partial charge in [-0.15, -0.1) is 0 Å². The predicted octanol–water partition coefficient (Wildman–Crippen LogP) is 2.35. The SMILES string of the molecule is O=C(NCc1cnn(-c2ccccc2)c1)c1ncc(Br)cn1. The molecule has 1 N–H and O–H groups in total. The van der Waals surface area contributed by atoms with Gasteiger partial charge >= 0.3 is 0 Å². The standard InChI is InChI=1S/C15H12BrN5O/c16-12-8-17-14(18-9-12)15(22)19-6-11-7-20-21(10-11)13-4-2-1-3-5-13/h1-5,7-10H,6H2,(H,19,22). The second kappa shape index (κ2) is 6.48. The summed E-state index contributed by atoms with van der Waals surface area (Å²) in [6, 6.07) is 9.77. The third kappa shape index (κ3) is 3.37. The van der Waals surface area contributed by atoms with Gasteiger partial charge in [-0.3, -0.25) is 4.79 Å². The Balaban J connectivity index is 1.64. The number of rotatable bonds is 4. The highest BCUT2D eigenvalue weighted by Gasteiger charge is 2.09. The number of carbonyl (C=O) groups excluding carboxylic acids is 1. The molecule has 22 heavy (non-hydrogen) atoms. The van der Waals surface area contributed by atoms with Crippen LogP contribution in [0, 0.1) is 0 Å². The molecule has 2 aromatic heterocycles. The van der Waals surface area contributed by atoms with Crippen LogP contribution in [0.15, 0.2) is 59.6 Å². The lowest BCUT2D eigenvalue weighted by atomic mass is 10.3. The summed E-state index contributed by atoms with van der Waals surface area (Å²) in [6.45, 7) is 0.366. The Morgan fingerprint density at radius 2 is 1.86 bits per heavy atom. The fourth-order valence-corrected chi connectivity index (χ4v) is 2.07. The molecule has 0 saturated heterocycles. The van der Waals surface area contributed by atoms with Crippen molar-refractivity contribution in [1.82, 2.24) is 25.1 Å². The molecule has 1 aromatic carbocycles. The maximum absolute atomic E-state index is 11.9. The molecule has 3 rings (SSSR count). The van der Waals surface area contributed by atoms with E-state index in [9.17, 15) is 4.79 Å². The van der Waals surface area contributed by atoms with Crippen molar-refractivity contribution in [2.45, 2.75) is 6.54 Å². The highest BCUT2D eigenvalue weighted by molar-refractivity contribution is 9.10. The van der Waals surface area contributed by atoms with Crippen molar-refractivity contribution < 1.29 is 4.79 Å². The quantitative estimate of drug-likeness (QED) is 0.777. The Kier molecular flexibility index (Phi) is 4.24. The number of hydrogen-bond acceptors (Lipinski definition) is 4. The largest absolute Gasteiger partial charge is 0.345 e. The first-order valence-corrected chi connectivity index (χ1v) is 7.36. The third-order valence-electron chi connectivity index (χ3n) is 2.93. The Bertz CT molecular complexity index is 770. The van der Waals surface area contributed by atoms with Crippen molar-refractivity contribution in [1.29, 1.82) is 0 Å². The summed E-state index contributed by atoms with van der Waals surface area (Å²) in [6.07, 6.45) is 6.67. The number of halogens is 1. The number of nitrogens with one attached hydrogen (secondary N) is 1. The van der Waals surface area contributed by atoms with Crippen LogP contribution in [0.2, 0.25) is 0 Å². The minimum Gasteiger partial charge on any atom is -0.345 e. The second-order valence-electron chi connectivity index (χ2n) is 4.54. The first-order valence-electron chi connectivity index (χ1n) is 6.57. The van der Waals surface area contributed by atoms with Gasteiger partial charge in [0.25, 0.3) is 5.91 Å². The summed E-state index contributed by atoms with van der Waals surface area (Å²) in [5.41, 5.74) is 1.87. The number of aromatic nitrogens is 4. The molecule has 0 fully saturated rings. The van der Waals surface area contributed by atoms with Crippen LogP contribution in [0.1, 0.15) is 16.2 Å². The van der Waals surface area contributed by atoms with Crippen molar-refractivity contribution >= 4 is 21.8 Å². The van der Waals surface area contributed by atoms with E-state index in [1.54, 1.807) is 10.9 Å². The average molecular weight is 358 g/mol. The average Bonchev–Trinajstić information content (AvgIpc) is 3.03. The van der Waals surface area contributed by atoms with Crippen LogP contribution in [0.3, 0.4) is 0 Å². The van der Waals surface area contributed by atoms with E-state index in [0.717, 1.165) is 15.7 Å². The maximum atomic E-state index is 11.9. The van der Waals surface area contributed by atoms with Gasteiger partial charge in [0.1, 0.15) is 0 Å². The zero-order chi connectivity index (χ0) is 15.4. The number of carbonyl (C=O) groups is 1. The summed E-state index contributed by atoms with van der Waals surface area (Å²) in [5, 5.41) is 7.04. The molecule has 110 valence electrons. The molecule has 0 aliphatic carbocycles. The smallest absolute Gasteiger partial charge is 0.289 e. The van der Waals surface area contributed by atoms with Gasteiger partial charge in [0, 0.05) is 30.7 Å². The van der Waals surface area contributed by atoms with Gasteiger partial charge in [0.05, 0.1) is 16.4 Å². The Morgan fingerprint density at radius 1 is 1.14 bits per heavy atom. The van der Waals surface area contributed by atoms with E-state index in [4.69, 9.17) is 0 Å². The van der Waals surface area contributed by atoms with Gasteiger partial charge in [0.2, 0.25) is 5.82 Å². The molecule has 0 atom stereocenters. The summed E-state index contributed by atoms with van der Waals surface area (Å²) in [4.78, 5) is 19.8.